The molecule has 2 saturated heterocycles. The van der Waals surface area contributed by atoms with Crippen molar-refractivity contribution in [3.63, 3.8) is 0 Å². The van der Waals surface area contributed by atoms with Crippen molar-refractivity contribution < 1.29 is 4.74 Å². The molecule has 27 heavy (non-hydrogen) atoms. The third-order valence-corrected chi connectivity index (χ3v) is 6.57. The van der Waals surface area contributed by atoms with Gasteiger partial charge in [0, 0.05) is 23.9 Å². The minimum absolute atomic E-state index is 0.00707. The Kier molecular flexibility index (Phi) is 6.38. The first kappa shape index (κ1) is 19.2. The zero-order valence-electron chi connectivity index (χ0n) is 15.5. The summed E-state index contributed by atoms with van der Waals surface area (Å²) in [7, 11) is 0. The molecule has 2 aliphatic rings. The van der Waals surface area contributed by atoms with E-state index in [9.17, 15) is 4.79 Å². The van der Waals surface area contributed by atoms with Crippen LogP contribution in [0.4, 0.5) is 0 Å². The summed E-state index contributed by atoms with van der Waals surface area (Å²) in [4.78, 5) is 20.4. The molecule has 0 amide bonds. The Bertz CT molecular complexity index is 845. The Morgan fingerprint density at radius 2 is 2.07 bits per heavy atom. The van der Waals surface area contributed by atoms with Gasteiger partial charge in [0.05, 0.1) is 23.6 Å². The highest BCUT2D eigenvalue weighted by atomic mass is 35.5. The van der Waals surface area contributed by atoms with Crippen molar-refractivity contribution in [1.82, 2.24) is 14.5 Å². The van der Waals surface area contributed by atoms with Gasteiger partial charge in [0.2, 0.25) is 0 Å². The third kappa shape index (κ3) is 4.67. The van der Waals surface area contributed by atoms with Gasteiger partial charge in [-0.05, 0) is 57.0 Å². The number of rotatable bonds is 6. The molecule has 0 N–H and O–H groups in total. The van der Waals surface area contributed by atoms with E-state index in [1.54, 1.807) is 30.0 Å². The largest absolute Gasteiger partial charge is 0.376 e. The maximum Gasteiger partial charge on any atom is 0.262 e. The molecule has 0 aliphatic carbocycles. The minimum Gasteiger partial charge on any atom is -0.376 e. The highest BCUT2D eigenvalue weighted by molar-refractivity contribution is 7.99. The Labute approximate surface area is 169 Å². The Hall–Kier alpha value is -1.08. The van der Waals surface area contributed by atoms with E-state index in [1.807, 2.05) is 4.57 Å². The first-order chi connectivity index (χ1) is 13.2. The number of nitrogens with zero attached hydrogens (tertiary/aromatic N) is 3. The Morgan fingerprint density at radius 3 is 2.85 bits per heavy atom. The average molecular weight is 408 g/mol. The number of ether oxygens (including phenoxy) is 1. The van der Waals surface area contributed by atoms with Crippen LogP contribution in [0.25, 0.3) is 10.9 Å². The number of hydrogen-bond donors (Lipinski definition) is 0. The summed E-state index contributed by atoms with van der Waals surface area (Å²) in [5.41, 5.74) is 0.684. The predicted octanol–water partition coefficient (Wildman–Crippen LogP) is 3.81. The van der Waals surface area contributed by atoms with Gasteiger partial charge in [-0.2, -0.15) is 0 Å². The zero-order valence-corrected chi connectivity index (χ0v) is 17.1. The van der Waals surface area contributed by atoms with Crippen LogP contribution in [0.15, 0.2) is 28.2 Å². The van der Waals surface area contributed by atoms with Crippen LogP contribution in [-0.4, -0.2) is 52.5 Å². The smallest absolute Gasteiger partial charge is 0.262 e. The van der Waals surface area contributed by atoms with Crippen molar-refractivity contribution in [2.45, 2.75) is 49.9 Å². The van der Waals surface area contributed by atoms with E-state index in [4.69, 9.17) is 21.3 Å². The van der Waals surface area contributed by atoms with Gasteiger partial charge in [0.15, 0.2) is 5.16 Å². The molecule has 0 spiro atoms. The number of fused-ring (bicyclic) bond motifs is 1. The van der Waals surface area contributed by atoms with Crippen molar-refractivity contribution in [3.8, 4) is 0 Å². The molecule has 2 aromatic rings. The van der Waals surface area contributed by atoms with Crippen LogP contribution in [0.2, 0.25) is 5.02 Å². The molecule has 7 heteroatoms. The molecule has 2 aliphatic heterocycles. The second kappa shape index (κ2) is 8.95. The number of piperidine rings is 1. The van der Waals surface area contributed by atoms with E-state index in [0.717, 1.165) is 36.9 Å². The van der Waals surface area contributed by atoms with E-state index < -0.39 is 0 Å². The van der Waals surface area contributed by atoms with E-state index in [0.29, 0.717) is 22.5 Å². The summed E-state index contributed by atoms with van der Waals surface area (Å²) in [5.74, 6) is 0.935. The summed E-state index contributed by atoms with van der Waals surface area (Å²) in [6.45, 7) is 4.77. The number of hydrogen-bond acceptors (Lipinski definition) is 5. The van der Waals surface area contributed by atoms with E-state index in [1.165, 1.54) is 32.4 Å². The van der Waals surface area contributed by atoms with Gasteiger partial charge in [-0.3, -0.25) is 9.36 Å². The van der Waals surface area contributed by atoms with Crippen LogP contribution >= 0.6 is 23.4 Å². The molecule has 0 saturated carbocycles. The lowest BCUT2D eigenvalue weighted by atomic mass is 10.1. The third-order valence-electron chi connectivity index (χ3n) is 5.38. The van der Waals surface area contributed by atoms with Crippen LogP contribution in [-0.2, 0) is 11.3 Å². The fourth-order valence-electron chi connectivity index (χ4n) is 3.89. The number of aromatic nitrogens is 2. The van der Waals surface area contributed by atoms with Crippen LogP contribution in [0.5, 0.6) is 0 Å². The molecular weight excluding hydrogens is 382 g/mol. The topological polar surface area (TPSA) is 47.4 Å². The van der Waals surface area contributed by atoms with Crippen LogP contribution in [0.3, 0.4) is 0 Å². The maximum absolute atomic E-state index is 13.1. The Balaban J connectivity index is 1.58. The predicted molar refractivity (Wildman–Crippen MR) is 111 cm³/mol. The van der Waals surface area contributed by atoms with Gasteiger partial charge in [-0.15, -0.1) is 0 Å². The average Bonchev–Trinajstić information content (AvgIpc) is 3.18. The summed E-state index contributed by atoms with van der Waals surface area (Å²) in [5, 5.41) is 2.01. The molecule has 2 fully saturated rings. The van der Waals surface area contributed by atoms with Gasteiger partial charge in [0.25, 0.3) is 5.56 Å². The van der Waals surface area contributed by atoms with Crippen LogP contribution < -0.4 is 5.56 Å². The van der Waals surface area contributed by atoms with Gasteiger partial charge < -0.3 is 9.64 Å². The molecule has 1 atom stereocenters. The fraction of sp³-hybridized carbons (Fsp3) is 0.600. The monoisotopic (exact) mass is 407 g/mol. The van der Waals surface area contributed by atoms with Crippen LogP contribution in [0, 0.1) is 0 Å². The highest BCUT2D eigenvalue weighted by Gasteiger charge is 2.20. The molecule has 5 nitrogen and oxygen atoms in total. The van der Waals surface area contributed by atoms with Gasteiger partial charge >= 0.3 is 0 Å². The molecule has 1 aromatic heterocycles. The normalized spacial score (nSPS) is 21.1. The number of likely N-dealkylation sites (tertiary alicyclic amines) is 1. The lowest BCUT2D eigenvalue weighted by molar-refractivity contribution is 0.0937. The fourth-order valence-corrected chi connectivity index (χ4v) is 5.06. The zero-order chi connectivity index (χ0) is 18.6. The van der Waals surface area contributed by atoms with E-state index in [2.05, 4.69) is 4.90 Å². The summed E-state index contributed by atoms with van der Waals surface area (Å²) in [6.07, 6.45) is 6.10. The number of thioether (sulfide) groups is 1. The molecule has 146 valence electrons. The SMILES string of the molecule is O=c1c2ccc(Cl)cc2nc(SCCN2CCCCC2)n1CC1CCCO1. The standard InChI is InChI=1S/C20H26ClN3O2S/c21-15-6-7-17-18(13-15)22-20(27-12-10-23-8-2-1-3-9-23)24(19(17)25)14-16-5-4-11-26-16/h6-7,13,16H,1-5,8-12,14H2. The van der Waals surface area contributed by atoms with Crippen molar-refractivity contribution in [1.29, 1.82) is 0 Å². The number of benzene rings is 1. The lowest BCUT2D eigenvalue weighted by Crippen LogP contribution is -2.32. The van der Waals surface area contributed by atoms with Crippen LogP contribution in [0.1, 0.15) is 32.1 Å². The molecule has 1 aromatic carbocycles. The minimum atomic E-state index is 0.00707. The van der Waals surface area contributed by atoms with Crippen molar-refractivity contribution >= 4 is 34.3 Å². The van der Waals surface area contributed by atoms with Gasteiger partial charge in [-0.25, -0.2) is 4.98 Å². The lowest BCUT2D eigenvalue weighted by Gasteiger charge is -2.26. The number of halogens is 1. The molecule has 3 heterocycles. The molecular formula is C20H26ClN3O2S. The van der Waals surface area contributed by atoms with Gasteiger partial charge in [-0.1, -0.05) is 29.8 Å². The summed E-state index contributed by atoms with van der Waals surface area (Å²) >= 11 is 7.79. The summed E-state index contributed by atoms with van der Waals surface area (Å²) < 4.78 is 7.58. The quantitative estimate of drug-likeness (QED) is 0.538. The molecule has 0 radical (unpaired) electrons. The summed E-state index contributed by atoms with van der Waals surface area (Å²) in [6, 6.07) is 5.32. The molecule has 4 rings (SSSR count). The molecule has 1 unspecified atom stereocenters. The maximum atomic E-state index is 13.1. The van der Waals surface area contributed by atoms with Gasteiger partial charge in [0.1, 0.15) is 0 Å². The van der Waals surface area contributed by atoms with Crippen molar-refractivity contribution in [2.24, 2.45) is 0 Å². The Morgan fingerprint density at radius 1 is 1.22 bits per heavy atom. The second-order valence-electron chi connectivity index (χ2n) is 7.36. The first-order valence-corrected chi connectivity index (χ1v) is 11.2. The second-order valence-corrected chi connectivity index (χ2v) is 8.86. The van der Waals surface area contributed by atoms with E-state index in [-0.39, 0.29) is 11.7 Å². The van der Waals surface area contributed by atoms with Crippen molar-refractivity contribution in [3.05, 3.63) is 33.6 Å². The first-order valence-electron chi connectivity index (χ1n) is 9.87. The van der Waals surface area contributed by atoms with E-state index >= 15 is 0 Å². The highest BCUT2D eigenvalue weighted by Crippen LogP contribution is 2.23. The molecule has 0 bridgehead atoms. The van der Waals surface area contributed by atoms with Crippen molar-refractivity contribution in [2.75, 3.05) is 32.0 Å².